The van der Waals surface area contributed by atoms with Gasteiger partial charge in [-0.2, -0.15) is 4.21 Å². The van der Waals surface area contributed by atoms with Gasteiger partial charge in [-0.15, -0.1) is 0 Å². The van der Waals surface area contributed by atoms with Gasteiger partial charge in [-0.1, -0.05) is 0 Å². The first-order chi connectivity index (χ1) is 9.15. The molecule has 0 bridgehead atoms. The number of hydrogen-bond donors (Lipinski definition) is 4. The predicted molar refractivity (Wildman–Crippen MR) is 70.7 cm³/mol. The van der Waals surface area contributed by atoms with E-state index in [1.165, 1.54) is 0 Å². The van der Waals surface area contributed by atoms with Crippen LogP contribution in [0.25, 0.3) is 0 Å². The van der Waals surface area contributed by atoms with Crippen LogP contribution in [0.4, 0.5) is 0 Å². The van der Waals surface area contributed by atoms with Crippen LogP contribution in [0.2, 0.25) is 0 Å². The third-order valence-electron chi connectivity index (χ3n) is 3.59. The van der Waals surface area contributed by atoms with Crippen LogP contribution in [0, 0.1) is 0 Å². The van der Waals surface area contributed by atoms with Crippen molar-refractivity contribution in [1.29, 1.82) is 0 Å². The third kappa shape index (κ3) is 4.81. The zero-order valence-electron chi connectivity index (χ0n) is 10.8. The van der Waals surface area contributed by atoms with Crippen molar-refractivity contribution < 1.29 is 17.7 Å². The Morgan fingerprint density at radius 1 is 1.26 bits per heavy atom. The molecule has 0 spiro atoms. The molecular formula is C11H21N3O4S. The van der Waals surface area contributed by atoms with Gasteiger partial charge in [0.15, 0.2) is 0 Å². The Hall–Kier alpha value is -0.540. The van der Waals surface area contributed by atoms with Crippen molar-refractivity contribution in [2.75, 3.05) is 19.6 Å². The maximum absolute atomic E-state index is 12.1. The standard InChI is InChI=1S/C11H21N3O4S/c15-11(14-8-3-5-12-6-4-8)10-2-1-9(7-13-10)18-19(16)17/h8-10,12-13H,1-7H2,(H,14,15)(H,16,17). The van der Waals surface area contributed by atoms with Crippen molar-refractivity contribution in [3.63, 3.8) is 0 Å². The molecule has 3 atom stereocenters. The van der Waals surface area contributed by atoms with E-state index in [0.717, 1.165) is 25.9 Å². The fraction of sp³-hybridized carbons (Fsp3) is 0.909. The molecular weight excluding hydrogens is 270 g/mol. The van der Waals surface area contributed by atoms with Crippen LogP contribution in [0.15, 0.2) is 0 Å². The lowest BCUT2D eigenvalue weighted by Crippen LogP contribution is -2.54. The van der Waals surface area contributed by atoms with E-state index in [4.69, 9.17) is 8.74 Å². The molecule has 0 saturated carbocycles. The summed E-state index contributed by atoms with van der Waals surface area (Å²) in [5, 5.41) is 9.37. The van der Waals surface area contributed by atoms with Crippen LogP contribution in [-0.2, 0) is 20.3 Å². The predicted octanol–water partition coefficient (Wildman–Crippen LogP) is -0.871. The molecule has 0 aromatic carbocycles. The monoisotopic (exact) mass is 291 g/mol. The average Bonchev–Trinajstić information content (AvgIpc) is 2.40. The molecule has 110 valence electrons. The molecule has 0 aromatic rings. The molecule has 2 rings (SSSR count). The van der Waals surface area contributed by atoms with Gasteiger partial charge in [-0.3, -0.25) is 13.5 Å². The van der Waals surface area contributed by atoms with Gasteiger partial charge in [-0.05, 0) is 38.8 Å². The topological polar surface area (TPSA) is 99.7 Å². The number of piperidine rings is 2. The van der Waals surface area contributed by atoms with E-state index in [1.807, 2.05) is 0 Å². The Bertz CT molecular complexity index is 328. The lowest BCUT2D eigenvalue weighted by molar-refractivity contribution is -0.124. The summed E-state index contributed by atoms with van der Waals surface area (Å²) < 4.78 is 23.9. The summed E-state index contributed by atoms with van der Waals surface area (Å²) >= 11 is -2.24. The number of nitrogens with one attached hydrogen (secondary N) is 3. The Labute approximate surface area is 115 Å². The Balaban J connectivity index is 1.71. The first-order valence-corrected chi connectivity index (χ1v) is 7.71. The molecule has 3 unspecified atom stereocenters. The van der Waals surface area contributed by atoms with Gasteiger partial charge in [0.1, 0.15) is 0 Å². The minimum Gasteiger partial charge on any atom is -0.352 e. The zero-order valence-corrected chi connectivity index (χ0v) is 11.6. The minimum atomic E-state index is -2.24. The molecule has 19 heavy (non-hydrogen) atoms. The number of hydrogen-bond acceptors (Lipinski definition) is 5. The van der Waals surface area contributed by atoms with Gasteiger partial charge in [0.2, 0.25) is 5.91 Å². The van der Waals surface area contributed by atoms with Crippen LogP contribution in [-0.4, -0.2) is 52.5 Å². The summed E-state index contributed by atoms with van der Waals surface area (Å²) in [7, 11) is 0. The normalized spacial score (nSPS) is 30.8. The van der Waals surface area contributed by atoms with Crippen molar-refractivity contribution in [2.24, 2.45) is 0 Å². The van der Waals surface area contributed by atoms with Crippen molar-refractivity contribution in [2.45, 2.75) is 43.9 Å². The van der Waals surface area contributed by atoms with Gasteiger partial charge in [-0.25, -0.2) is 0 Å². The first kappa shape index (κ1) is 14.9. The molecule has 8 heteroatoms. The fourth-order valence-corrected chi connectivity index (χ4v) is 2.92. The van der Waals surface area contributed by atoms with Gasteiger partial charge >= 0.3 is 11.4 Å². The third-order valence-corrected chi connectivity index (χ3v) is 4.03. The molecule has 2 heterocycles. The van der Waals surface area contributed by atoms with E-state index >= 15 is 0 Å². The van der Waals surface area contributed by atoms with E-state index in [1.54, 1.807) is 0 Å². The van der Waals surface area contributed by atoms with Crippen LogP contribution < -0.4 is 16.0 Å². The maximum Gasteiger partial charge on any atom is 0.302 e. The number of amides is 1. The molecule has 2 aliphatic rings. The highest BCUT2D eigenvalue weighted by atomic mass is 32.2. The van der Waals surface area contributed by atoms with Gasteiger partial charge < -0.3 is 16.0 Å². The Kier molecular flexibility index (Phi) is 5.71. The Morgan fingerprint density at radius 2 is 2.00 bits per heavy atom. The second kappa shape index (κ2) is 7.30. The molecule has 0 radical (unpaired) electrons. The van der Waals surface area contributed by atoms with Crippen LogP contribution in [0.3, 0.4) is 0 Å². The summed E-state index contributed by atoms with van der Waals surface area (Å²) in [4.78, 5) is 12.1. The summed E-state index contributed by atoms with van der Waals surface area (Å²) in [5.41, 5.74) is 0. The number of carbonyl (C=O) groups is 1. The SMILES string of the molecule is O=C(NC1CCNCC1)C1CCC(OS(=O)O)CN1. The van der Waals surface area contributed by atoms with E-state index in [-0.39, 0.29) is 24.1 Å². The maximum atomic E-state index is 12.1. The largest absolute Gasteiger partial charge is 0.352 e. The van der Waals surface area contributed by atoms with Crippen molar-refractivity contribution >= 4 is 17.3 Å². The number of rotatable bonds is 4. The zero-order chi connectivity index (χ0) is 13.7. The lowest BCUT2D eigenvalue weighted by atomic mass is 10.0. The van der Waals surface area contributed by atoms with Gasteiger partial charge in [0.05, 0.1) is 12.1 Å². The fourth-order valence-electron chi connectivity index (χ4n) is 2.52. The molecule has 2 saturated heterocycles. The highest BCUT2D eigenvalue weighted by Gasteiger charge is 2.28. The minimum absolute atomic E-state index is 0.0236. The first-order valence-electron chi connectivity index (χ1n) is 6.67. The molecule has 4 N–H and O–H groups in total. The van der Waals surface area contributed by atoms with Crippen LogP contribution >= 0.6 is 0 Å². The summed E-state index contributed by atoms with van der Waals surface area (Å²) in [6, 6.07) is 0.0383. The van der Waals surface area contributed by atoms with Crippen molar-refractivity contribution in [1.82, 2.24) is 16.0 Å². The van der Waals surface area contributed by atoms with Crippen molar-refractivity contribution in [3.8, 4) is 0 Å². The molecule has 0 aromatic heterocycles. The molecule has 2 aliphatic heterocycles. The van der Waals surface area contributed by atoms with E-state index in [9.17, 15) is 9.00 Å². The van der Waals surface area contributed by atoms with Gasteiger partial charge in [0.25, 0.3) is 0 Å². The quantitative estimate of drug-likeness (QED) is 0.503. The highest BCUT2D eigenvalue weighted by molar-refractivity contribution is 7.74. The van der Waals surface area contributed by atoms with Crippen LogP contribution in [0.1, 0.15) is 25.7 Å². The molecule has 7 nitrogen and oxygen atoms in total. The lowest BCUT2D eigenvalue weighted by Gasteiger charge is -2.30. The highest BCUT2D eigenvalue weighted by Crippen LogP contribution is 2.13. The van der Waals surface area contributed by atoms with Crippen molar-refractivity contribution in [3.05, 3.63) is 0 Å². The second-order valence-electron chi connectivity index (χ2n) is 5.01. The smallest absolute Gasteiger partial charge is 0.302 e. The molecule has 0 aliphatic carbocycles. The van der Waals surface area contributed by atoms with Gasteiger partial charge in [0, 0.05) is 12.6 Å². The summed E-state index contributed by atoms with van der Waals surface area (Å²) in [6.07, 6.45) is 2.87. The van der Waals surface area contributed by atoms with E-state index < -0.39 is 11.4 Å². The molecule has 2 fully saturated rings. The van der Waals surface area contributed by atoms with E-state index in [2.05, 4.69) is 16.0 Å². The average molecular weight is 291 g/mol. The summed E-state index contributed by atoms with van der Waals surface area (Å²) in [6.45, 7) is 2.32. The summed E-state index contributed by atoms with van der Waals surface area (Å²) in [5.74, 6) is 0.0236. The Morgan fingerprint density at radius 3 is 2.58 bits per heavy atom. The second-order valence-corrected chi connectivity index (χ2v) is 5.63. The van der Waals surface area contributed by atoms with Crippen LogP contribution in [0.5, 0.6) is 0 Å². The molecule has 1 amide bonds. The number of carbonyl (C=O) groups excluding carboxylic acids is 1. The van der Waals surface area contributed by atoms with E-state index in [0.29, 0.717) is 19.4 Å².